The summed E-state index contributed by atoms with van der Waals surface area (Å²) in [6.07, 6.45) is 5.60. The number of aromatic nitrogens is 2. The van der Waals surface area contributed by atoms with Crippen molar-refractivity contribution in [1.29, 1.82) is 0 Å². The van der Waals surface area contributed by atoms with Gasteiger partial charge in [0.1, 0.15) is 11.6 Å². The van der Waals surface area contributed by atoms with Gasteiger partial charge in [-0.3, -0.25) is 14.3 Å². The number of fused-ring (bicyclic) bond motifs is 1. The fourth-order valence-electron chi connectivity index (χ4n) is 5.24. The molecule has 1 aliphatic rings. The summed E-state index contributed by atoms with van der Waals surface area (Å²) in [6.45, 7) is 16.9. The zero-order valence-corrected chi connectivity index (χ0v) is 25.2. The van der Waals surface area contributed by atoms with Crippen molar-refractivity contribution in [1.82, 2.24) is 19.4 Å². The van der Waals surface area contributed by atoms with E-state index in [4.69, 9.17) is 9.72 Å². The van der Waals surface area contributed by atoms with E-state index in [-0.39, 0.29) is 5.56 Å². The lowest BCUT2D eigenvalue weighted by Crippen LogP contribution is -2.37. The van der Waals surface area contributed by atoms with E-state index < -0.39 is 5.82 Å². The quantitative estimate of drug-likeness (QED) is 0.254. The van der Waals surface area contributed by atoms with Crippen molar-refractivity contribution in [2.24, 2.45) is 0 Å². The first kappa shape index (κ1) is 30.9. The fourth-order valence-corrected chi connectivity index (χ4v) is 5.24. The first-order valence-corrected chi connectivity index (χ1v) is 15.2. The van der Waals surface area contributed by atoms with Gasteiger partial charge < -0.3 is 15.0 Å². The summed E-state index contributed by atoms with van der Waals surface area (Å²) in [5.74, 6) is 0.622. The molecule has 0 bridgehead atoms. The molecule has 4 rings (SSSR count). The molecule has 0 amide bonds. The molecule has 8 heteroatoms. The third-order valence-corrected chi connectivity index (χ3v) is 7.92. The van der Waals surface area contributed by atoms with Crippen molar-refractivity contribution < 1.29 is 9.13 Å². The molecule has 41 heavy (non-hydrogen) atoms. The summed E-state index contributed by atoms with van der Waals surface area (Å²) in [5.41, 5.74) is 3.00. The standard InChI is InChI=1S/C33H46FN5O2/c1-5-37(6-2)16-7-15-35-31-24-30-28(23-29(31)34)33(40)39(18-8-17-38-19-21-41-22-20-38)32(36-30)14-11-26-9-12-27(13-10-26)25(3)4/h9-14,23-25,35H,5-8,15-22H2,1-4H3/b14-11+. The topological polar surface area (TPSA) is 62.6 Å². The van der Waals surface area contributed by atoms with Gasteiger partial charge in [-0.2, -0.15) is 0 Å². The Morgan fingerprint density at radius 1 is 1.05 bits per heavy atom. The Hall–Kier alpha value is -3.07. The van der Waals surface area contributed by atoms with Crippen LogP contribution < -0.4 is 10.9 Å². The van der Waals surface area contributed by atoms with Crippen LogP contribution in [0.5, 0.6) is 0 Å². The molecule has 1 aliphatic heterocycles. The SMILES string of the molecule is CCN(CC)CCCNc1cc2nc(/C=C/c3ccc(C(C)C)cc3)n(CCCN3CCOCC3)c(=O)c2cc1F. The van der Waals surface area contributed by atoms with Crippen molar-refractivity contribution in [3.05, 3.63) is 69.5 Å². The van der Waals surface area contributed by atoms with E-state index in [0.29, 0.717) is 41.4 Å². The second kappa shape index (κ2) is 15.2. The van der Waals surface area contributed by atoms with Crippen molar-refractivity contribution in [3.63, 3.8) is 0 Å². The molecular formula is C33H46FN5O2. The Bertz CT molecular complexity index is 1340. The van der Waals surface area contributed by atoms with Gasteiger partial charge in [-0.05, 0) is 67.7 Å². The molecule has 2 aromatic carbocycles. The monoisotopic (exact) mass is 563 g/mol. The number of anilines is 1. The van der Waals surface area contributed by atoms with Gasteiger partial charge in [-0.1, -0.05) is 58.0 Å². The lowest BCUT2D eigenvalue weighted by Gasteiger charge is -2.26. The summed E-state index contributed by atoms with van der Waals surface area (Å²) in [7, 11) is 0. The summed E-state index contributed by atoms with van der Waals surface area (Å²) < 4.78 is 22.3. The average Bonchev–Trinajstić information content (AvgIpc) is 2.99. The lowest BCUT2D eigenvalue weighted by molar-refractivity contribution is 0.0369. The molecule has 0 unspecified atom stereocenters. The van der Waals surface area contributed by atoms with Gasteiger partial charge in [0.2, 0.25) is 0 Å². The van der Waals surface area contributed by atoms with Crippen LogP contribution in [0.25, 0.3) is 23.1 Å². The van der Waals surface area contributed by atoms with Gasteiger partial charge >= 0.3 is 0 Å². The molecule has 222 valence electrons. The molecule has 1 saturated heterocycles. The third kappa shape index (κ3) is 8.47. The van der Waals surface area contributed by atoms with E-state index >= 15 is 4.39 Å². The van der Waals surface area contributed by atoms with Crippen LogP contribution in [0, 0.1) is 5.82 Å². The van der Waals surface area contributed by atoms with Gasteiger partial charge in [0.05, 0.1) is 29.8 Å². The number of ether oxygens (including phenoxy) is 1. The summed E-state index contributed by atoms with van der Waals surface area (Å²) >= 11 is 0. The van der Waals surface area contributed by atoms with E-state index in [0.717, 1.165) is 70.9 Å². The van der Waals surface area contributed by atoms with E-state index in [1.54, 1.807) is 10.6 Å². The number of nitrogens with one attached hydrogen (secondary N) is 1. The van der Waals surface area contributed by atoms with E-state index in [2.05, 4.69) is 67.1 Å². The second-order valence-corrected chi connectivity index (χ2v) is 11.0. The second-order valence-electron chi connectivity index (χ2n) is 11.0. The van der Waals surface area contributed by atoms with E-state index in [1.807, 2.05) is 12.2 Å². The highest BCUT2D eigenvalue weighted by Gasteiger charge is 2.15. The van der Waals surface area contributed by atoms with Crippen LogP contribution in [0.15, 0.2) is 41.2 Å². The molecule has 0 saturated carbocycles. The predicted molar refractivity (Wildman–Crippen MR) is 168 cm³/mol. The van der Waals surface area contributed by atoms with Crippen LogP contribution >= 0.6 is 0 Å². The Labute approximate surface area is 244 Å². The Balaban J connectivity index is 1.59. The van der Waals surface area contributed by atoms with Crippen molar-refractivity contribution >= 4 is 28.7 Å². The van der Waals surface area contributed by atoms with Crippen LogP contribution in [-0.4, -0.2) is 78.4 Å². The molecule has 1 fully saturated rings. The van der Waals surface area contributed by atoms with Crippen LogP contribution in [0.3, 0.4) is 0 Å². The molecule has 0 spiro atoms. The van der Waals surface area contributed by atoms with Crippen LogP contribution in [0.2, 0.25) is 0 Å². The van der Waals surface area contributed by atoms with Gasteiger partial charge in [-0.25, -0.2) is 9.37 Å². The highest BCUT2D eigenvalue weighted by molar-refractivity contribution is 5.83. The zero-order valence-electron chi connectivity index (χ0n) is 25.2. The zero-order chi connectivity index (χ0) is 29.2. The molecule has 3 aromatic rings. The Morgan fingerprint density at radius 3 is 2.46 bits per heavy atom. The predicted octanol–water partition coefficient (Wildman–Crippen LogP) is 5.70. The van der Waals surface area contributed by atoms with Gasteiger partial charge in [0.25, 0.3) is 5.56 Å². The third-order valence-electron chi connectivity index (χ3n) is 7.92. The summed E-state index contributed by atoms with van der Waals surface area (Å²) in [6, 6.07) is 11.5. The summed E-state index contributed by atoms with van der Waals surface area (Å²) in [5, 5.41) is 3.53. The van der Waals surface area contributed by atoms with Crippen LogP contribution in [0.1, 0.15) is 63.4 Å². The fraction of sp³-hybridized carbons (Fsp3) is 0.515. The number of hydrogen-bond donors (Lipinski definition) is 1. The van der Waals surface area contributed by atoms with Crippen LogP contribution in [-0.2, 0) is 11.3 Å². The molecule has 1 aromatic heterocycles. The number of halogens is 1. The van der Waals surface area contributed by atoms with E-state index in [1.165, 1.54) is 11.6 Å². The maximum absolute atomic E-state index is 15.1. The number of rotatable bonds is 14. The number of morpholine rings is 1. The molecule has 1 N–H and O–H groups in total. The minimum Gasteiger partial charge on any atom is -0.383 e. The Kier molecular flexibility index (Phi) is 11.5. The first-order valence-electron chi connectivity index (χ1n) is 15.2. The Morgan fingerprint density at radius 2 is 1.78 bits per heavy atom. The van der Waals surface area contributed by atoms with Crippen molar-refractivity contribution in [2.75, 3.05) is 64.3 Å². The average molecular weight is 564 g/mol. The molecule has 0 aliphatic carbocycles. The van der Waals surface area contributed by atoms with Crippen molar-refractivity contribution in [2.45, 2.75) is 53.0 Å². The molecule has 2 heterocycles. The minimum atomic E-state index is -0.423. The summed E-state index contributed by atoms with van der Waals surface area (Å²) in [4.78, 5) is 23.3. The van der Waals surface area contributed by atoms with E-state index in [9.17, 15) is 4.79 Å². The van der Waals surface area contributed by atoms with Gasteiger partial charge in [-0.15, -0.1) is 0 Å². The largest absolute Gasteiger partial charge is 0.383 e. The van der Waals surface area contributed by atoms with Crippen molar-refractivity contribution in [3.8, 4) is 0 Å². The smallest absolute Gasteiger partial charge is 0.261 e. The van der Waals surface area contributed by atoms with Crippen LogP contribution in [0.4, 0.5) is 10.1 Å². The number of benzene rings is 2. The number of hydrogen-bond acceptors (Lipinski definition) is 6. The molecular weight excluding hydrogens is 517 g/mol. The lowest BCUT2D eigenvalue weighted by atomic mass is 10.0. The highest BCUT2D eigenvalue weighted by atomic mass is 19.1. The molecule has 0 radical (unpaired) electrons. The first-order chi connectivity index (χ1) is 19.9. The maximum Gasteiger partial charge on any atom is 0.261 e. The maximum atomic E-state index is 15.1. The van der Waals surface area contributed by atoms with Gasteiger partial charge in [0, 0.05) is 32.7 Å². The molecule has 7 nitrogen and oxygen atoms in total. The highest BCUT2D eigenvalue weighted by Crippen LogP contribution is 2.22. The van der Waals surface area contributed by atoms with Gasteiger partial charge in [0.15, 0.2) is 0 Å². The number of nitrogens with zero attached hydrogens (tertiary/aromatic N) is 4. The normalized spacial score (nSPS) is 14.6. The minimum absolute atomic E-state index is 0.209. The molecule has 0 atom stereocenters.